The van der Waals surface area contributed by atoms with E-state index in [0.717, 1.165) is 0 Å². The van der Waals surface area contributed by atoms with Gasteiger partial charge < -0.3 is 9.47 Å². The molecule has 0 bridgehead atoms. The van der Waals surface area contributed by atoms with E-state index in [9.17, 15) is 22.0 Å². The number of hydrogen-bond donors (Lipinski definition) is 0. The van der Waals surface area contributed by atoms with Gasteiger partial charge in [0, 0.05) is 17.5 Å². The molecule has 0 saturated heterocycles. The monoisotopic (exact) mass is 462 g/mol. The standard InChI is InChI=1S/C26H23F5O2/c1-3-5-14-6-7-15(21(28)20(14)27)8-9-16-12-18-13-17-10-11-19(32-4-2)23(30)25(17)33-26(18)24(31)22(16)29/h6-7,10-12H,3-5,8-9,13H2,1-2H3. The summed E-state index contributed by atoms with van der Waals surface area (Å²) < 4.78 is 83.5. The first-order chi connectivity index (χ1) is 15.8. The van der Waals surface area contributed by atoms with Gasteiger partial charge in [-0.05, 0) is 55.0 Å². The van der Waals surface area contributed by atoms with Crippen molar-refractivity contribution >= 4 is 0 Å². The van der Waals surface area contributed by atoms with Crippen LogP contribution in [-0.4, -0.2) is 6.61 Å². The lowest BCUT2D eigenvalue weighted by molar-refractivity contribution is 0.309. The lowest BCUT2D eigenvalue weighted by Gasteiger charge is -2.23. The molecule has 33 heavy (non-hydrogen) atoms. The van der Waals surface area contributed by atoms with Crippen LogP contribution in [0.1, 0.15) is 48.1 Å². The average Bonchev–Trinajstić information content (AvgIpc) is 2.81. The van der Waals surface area contributed by atoms with Gasteiger partial charge in [-0.15, -0.1) is 0 Å². The van der Waals surface area contributed by atoms with E-state index in [4.69, 9.17) is 9.47 Å². The van der Waals surface area contributed by atoms with Crippen molar-refractivity contribution in [3.63, 3.8) is 0 Å². The maximum absolute atomic E-state index is 14.8. The van der Waals surface area contributed by atoms with Gasteiger partial charge in [-0.1, -0.05) is 31.5 Å². The minimum Gasteiger partial charge on any atom is -0.491 e. The molecule has 3 aromatic rings. The van der Waals surface area contributed by atoms with Crippen LogP contribution in [0.4, 0.5) is 22.0 Å². The molecule has 0 unspecified atom stereocenters. The fraction of sp³-hybridized carbons (Fsp3) is 0.308. The van der Waals surface area contributed by atoms with Gasteiger partial charge in [0.1, 0.15) is 0 Å². The Balaban J connectivity index is 1.60. The summed E-state index contributed by atoms with van der Waals surface area (Å²) in [5, 5.41) is 0. The maximum Gasteiger partial charge on any atom is 0.207 e. The number of fused-ring (bicyclic) bond motifs is 2. The Morgan fingerprint density at radius 3 is 1.97 bits per heavy atom. The molecular weight excluding hydrogens is 439 g/mol. The molecule has 0 fully saturated rings. The highest BCUT2D eigenvalue weighted by Crippen LogP contribution is 2.43. The van der Waals surface area contributed by atoms with Crippen LogP contribution in [0.3, 0.4) is 0 Å². The molecule has 0 atom stereocenters. The molecular formula is C26H23F5O2. The number of benzene rings is 3. The Kier molecular flexibility index (Phi) is 6.58. The maximum atomic E-state index is 14.8. The molecule has 0 aliphatic carbocycles. The van der Waals surface area contributed by atoms with Crippen molar-refractivity contribution in [3.8, 4) is 17.2 Å². The van der Waals surface area contributed by atoms with E-state index < -0.39 is 29.1 Å². The number of aryl methyl sites for hydroxylation is 3. The van der Waals surface area contributed by atoms with Crippen LogP contribution < -0.4 is 9.47 Å². The van der Waals surface area contributed by atoms with Crippen molar-refractivity contribution < 1.29 is 31.4 Å². The predicted molar refractivity (Wildman–Crippen MR) is 115 cm³/mol. The Morgan fingerprint density at radius 1 is 0.697 bits per heavy atom. The molecule has 3 aromatic carbocycles. The zero-order valence-corrected chi connectivity index (χ0v) is 18.3. The highest BCUT2D eigenvalue weighted by Gasteiger charge is 2.28. The van der Waals surface area contributed by atoms with Gasteiger partial charge in [-0.25, -0.2) is 13.2 Å². The van der Waals surface area contributed by atoms with Crippen LogP contribution in [-0.2, 0) is 25.7 Å². The summed E-state index contributed by atoms with van der Waals surface area (Å²) >= 11 is 0. The lowest BCUT2D eigenvalue weighted by Crippen LogP contribution is -2.11. The van der Waals surface area contributed by atoms with Gasteiger partial charge in [0.25, 0.3) is 0 Å². The van der Waals surface area contributed by atoms with Crippen molar-refractivity contribution in [1.82, 2.24) is 0 Å². The third kappa shape index (κ3) is 4.28. The summed E-state index contributed by atoms with van der Waals surface area (Å²) in [4.78, 5) is 0. The predicted octanol–water partition coefficient (Wildman–Crippen LogP) is 7.22. The second-order valence-corrected chi connectivity index (χ2v) is 7.99. The summed E-state index contributed by atoms with van der Waals surface area (Å²) in [6.45, 7) is 3.81. The molecule has 0 saturated carbocycles. The number of rotatable bonds is 7. The molecule has 0 amide bonds. The van der Waals surface area contributed by atoms with E-state index >= 15 is 0 Å². The zero-order chi connectivity index (χ0) is 23.7. The van der Waals surface area contributed by atoms with Gasteiger partial charge in [-0.2, -0.15) is 8.78 Å². The Bertz CT molecular complexity index is 1210. The van der Waals surface area contributed by atoms with E-state index in [2.05, 4.69) is 0 Å². The lowest BCUT2D eigenvalue weighted by atomic mass is 9.94. The molecule has 174 valence electrons. The molecule has 4 rings (SSSR count). The van der Waals surface area contributed by atoms with Crippen molar-refractivity contribution in [2.45, 2.75) is 46.0 Å². The van der Waals surface area contributed by atoms with Crippen molar-refractivity contribution in [2.75, 3.05) is 6.61 Å². The van der Waals surface area contributed by atoms with E-state index in [-0.39, 0.29) is 54.2 Å². The topological polar surface area (TPSA) is 18.5 Å². The smallest absolute Gasteiger partial charge is 0.207 e. The Labute approximate surface area is 189 Å². The van der Waals surface area contributed by atoms with Crippen molar-refractivity contribution in [2.24, 2.45) is 0 Å². The first kappa shape index (κ1) is 23.1. The second kappa shape index (κ2) is 9.41. The molecule has 0 spiro atoms. The molecule has 7 heteroatoms. The minimum absolute atomic E-state index is 0.00586. The third-order valence-corrected chi connectivity index (χ3v) is 5.77. The van der Waals surface area contributed by atoms with Gasteiger partial charge >= 0.3 is 0 Å². The zero-order valence-electron chi connectivity index (χ0n) is 18.3. The number of hydrogen-bond acceptors (Lipinski definition) is 2. The molecule has 2 nitrogen and oxygen atoms in total. The summed E-state index contributed by atoms with van der Waals surface area (Å²) in [6.07, 6.45) is 1.18. The summed E-state index contributed by atoms with van der Waals surface area (Å²) in [5.41, 5.74) is 1.23. The van der Waals surface area contributed by atoms with Crippen LogP contribution in [0.2, 0.25) is 0 Å². The molecule has 1 aliphatic heterocycles. The molecule has 1 aliphatic rings. The molecule has 0 radical (unpaired) electrons. The van der Waals surface area contributed by atoms with Gasteiger partial charge in [0.2, 0.25) is 11.6 Å². The highest BCUT2D eigenvalue weighted by molar-refractivity contribution is 5.54. The summed E-state index contributed by atoms with van der Waals surface area (Å²) in [5.74, 6) is -5.62. The number of ether oxygens (including phenoxy) is 2. The fourth-order valence-electron chi connectivity index (χ4n) is 4.10. The van der Waals surface area contributed by atoms with E-state index in [1.54, 1.807) is 13.0 Å². The SMILES string of the molecule is CCCc1ccc(CCc2cc3c(c(F)c2F)Oc2c(ccc(OCC)c2F)C3)c(F)c1F. The van der Waals surface area contributed by atoms with E-state index in [1.165, 1.54) is 24.3 Å². The van der Waals surface area contributed by atoms with Gasteiger partial charge in [-0.3, -0.25) is 0 Å². The Morgan fingerprint density at radius 2 is 1.30 bits per heavy atom. The quantitative estimate of drug-likeness (QED) is 0.270. The van der Waals surface area contributed by atoms with Crippen LogP contribution in [0.5, 0.6) is 17.2 Å². The first-order valence-corrected chi connectivity index (χ1v) is 10.9. The largest absolute Gasteiger partial charge is 0.491 e. The van der Waals surface area contributed by atoms with Crippen LogP contribution in [0.25, 0.3) is 0 Å². The minimum atomic E-state index is -1.24. The van der Waals surface area contributed by atoms with Gasteiger partial charge in [0.15, 0.2) is 34.7 Å². The van der Waals surface area contributed by atoms with E-state index in [0.29, 0.717) is 29.5 Å². The fourth-order valence-corrected chi connectivity index (χ4v) is 4.10. The van der Waals surface area contributed by atoms with Crippen LogP contribution in [0, 0.1) is 29.1 Å². The normalized spacial score (nSPS) is 12.2. The highest BCUT2D eigenvalue weighted by atomic mass is 19.2. The average molecular weight is 462 g/mol. The van der Waals surface area contributed by atoms with Crippen LogP contribution >= 0.6 is 0 Å². The van der Waals surface area contributed by atoms with Crippen molar-refractivity contribution in [3.05, 3.63) is 87.2 Å². The second-order valence-electron chi connectivity index (χ2n) is 7.99. The van der Waals surface area contributed by atoms with Crippen LogP contribution in [0.15, 0.2) is 30.3 Å². The summed E-state index contributed by atoms with van der Waals surface area (Å²) in [6, 6.07) is 7.52. The van der Waals surface area contributed by atoms with Crippen molar-refractivity contribution in [1.29, 1.82) is 0 Å². The molecule has 0 aromatic heterocycles. The molecule has 1 heterocycles. The van der Waals surface area contributed by atoms with E-state index in [1.807, 2.05) is 6.92 Å². The third-order valence-electron chi connectivity index (χ3n) is 5.77. The van der Waals surface area contributed by atoms with Gasteiger partial charge in [0.05, 0.1) is 6.61 Å². The Hall–Kier alpha value is -3.09. The first-order valence-electron chi connectivity index (χ1n) is 10.9. The number of halogens is 5. The summed E-state index contributed by atoms with van der Waals surface area (Å²) in [7, 11) is 0. The molecule has 0 N–H and O–H groups in total.